The molecule has 0 atom stereocenters. The molecule has 0 spiro atoms. The molecule has 1 N–H and O–H groups in total. The van der Waals surface area contributed by atoms with Crippen LogP contribution < -0.4 is 0 Å². The summed E-state index contributed by atoms with van der Waals surface area (Å²) in [7, 11) is 0. The first-order chi connectivity index (χ1) is 13.2. The molecule has 1 fully saturated rings. The van der Waals surface area contributed by atoms with Crippen molar-refractivity contribution in [3.63, 3.8) is 0 Å². The Hall–Kier alpha value is -2.96. The van der Waals surface area contributed by atoms with Crippen molar-refractivity contribution in [1.82, 2.24) is 14.9 Å². The Kier molecular flexibility index (Phi) is 5.63. The van der Waals surface area contributed by atoms with E-state index in [-0.39, 0.29) is 17.6 Å². The highest BCUT2D eigenvalue weighted by Gasteiger charge is 2.28. The molecule has 1 aliphatic rings. The average molecular weight is 383 g/mol. The Morgan fingerprint density at radius 1 is 1.11 bits per heavy atom. The molecule has 1 amide bonds. The van der Waals surface area contributed by atoms with E-state index in [1.54, 1.807) is 41.6 Å². The Morgan fingerprint density at radius 3 is 2.32 bits per heavy atom. The molecule has 148 valence electrons. The number of ether oxygens (including phenoxy) is 1. The molecule has 0 saturated carbocycles. The zero-order chi connectivity index (χ0) is 20.3. The van der Waals surface area contributed by atoms with Crippen molar-refractivity contribution in [2.45, 2.75) is 45.1 Å². The normalized spacial score (nSPS) is 15.3. The molecule has 2 aromatic rings. The van der Waals surface area contributed by atoms with Crippen LogP contribution in [0.15, 0.2) is 36.7 Å². The summed E-state index contributed by atoms with van der Waals surface area (Å²) in [6.07, 6.45) is 4.77. The summed E-state index contributed by atoms with van der Waals surface area (Å²) >= 11 is 0. The number of carbonyl (C=O) groups is 2. The van der Waals surface area contributed by atoms with Crippen LogP contribution >= 0.6 is 0 Å². The lowest BCUT2D eigenvalue weighted by molar-refractivity contribution is 0.0203. The van der Waals surface area contributed by atoms with Gasteiger partial charge < -0.3 is 14.7 Å². The van der Waals surface area contributed by atoms with E-state index in [2.05, 4.69) is 4.98 Å². The third kappa shape index (κ3) is 4.85. The van der Waals surface area contributed by atoms with Crippen LogP contribution in [0.2, 0.25) is 0 Å². The maximum absolute atomic E-state index is 12.2. The second-order valence-electron chi connectivity index (χ2n) is 7.95. The summed E-state index contributed by atoms with van der Waals surface area (Å²) < 4.78 is 5.44. The fourth-order valence-corrected chi connectivity index (χ4v) is 3.18. The third-order valence-electron chi connectivity index (χ3n) is 4.65. The molecule has 0 aliphatic carbocycles. The smallest absolute Gasteiger partial charge is 0.410 e. The molecule has 1 aromatic heterocycles. The number of aromatic nitrogens is 2. The van der Waals surface area contributed by atoms with Crippen LogP contribution in [0.25, 0.3) is 11.3 Å². The van der Waals surface area contributed by atoms with Crippen molar-refractivity contribution in [1.29, 1.82) is 0 Å². The average Bonchev–Trinajstić information content (AvgIpc) is 2.67. The number of likely N-dealkylation sites (tertiary alicyclic amines) is 1. The van der Waals surface area contributed by atoms with Crippen molar-refractivity contribution in [2.75, 3.05) is 13.1 Å². The maximum Gasteiger partial charge on any atom is 0.410 e. The molecular formula is C21H25N3O4. The molecule has 2 heterocycles. The van der Waals surface area contributed by atoms with Gasteiger partial charge in [-0.05, 0) is 45.7 Å². The van der Waals surface area contributed by atoms with Crippen molar-refractivity contribution in [3.8, 4) is 11.3 Å². The van der Waals surface area contributed by atoms with Crippen molar-refractivity contribution in [3.05, 3.63) is 47.9 Å². The number of aromatic carboxylic acids is 1. The largest absolute Gasteiger partial charge is 0.478 e. The molecule has 1 aromatic carbocycles. The molecule has 0 radical (unpaired) electrons. The van der Waals surface area contributed by atoms with Gasteiger partial charge in [0.2, 0.25) is 0 Å². The van der Waals surface area contributed by atoms with Gasteiger partial charge in [-0.3, -0.25) is 4.98 Å². The fourth-order valence-electron chi connectivity index (χ4n) is 3.18. The first-order valence-corrected chi connectivity index (χ1v) is 9.36. The van der Waals surface area contributed by atoms with Crippen LogP contribution in [-0.2, 0) is 4.74 Å². The first-order valence-electron chi connectivity index (χ1n) is 9.36. The fraction of sp³-hybridized carbons (Fsp3) is 0.429. The number of hydrogen-bond donors (Lipinski definition) is 1. The molecule has 1 saturated heterocycles. The summed E-state index contributed by atoms with van der Waals surface area (Å²) in [4.78, 5) is 34.0. The minimum atomic E-state index is -0.955. The van der Waals surface area contributed by atoms with E-state index in [1.165, 1.54) is 0 Å². The van der Waals surface area contributed by atoms with E-state index in [0.29, 0.717) is 18.8 Å². The molecule has 0 unspecified atom stereocenters. The number of rotatable bonds is 3. The van der Waals surface area contributed by atoms with Crippen molar-refractivity contribution >= 4 is 12.1 Å². The summed E-state index contributed by atoms with van der Waals surface area (Å²) in [6, 6.07) is 6.60. The van der Waals surface area contributed by atoms with Crippen molar-refractivity contribution in [2.24, 2.45) is 0 Å². The minimum Gasteiger partial charge on any atom is -0.478 e. The van der Waals surface area contributed by atoms with E-state index in [4.69, 9.17) is 14.8 Å². The highest BCUT2D eigenvalue weighted by molar-refractivity contribution is 5.88. The Bertz CT molecular complexity index is 851. The number of amides is 1. The quantitative estimate of drug-likeness (QED) is 0.862. The van der Waals surface area contributed by atoms with Gasteiger partial charge in [-0.25, -0.2) is 14.6 Å². The number of carboxylic acid groups (broad SMARTS) is 1. The molecule has 28 heavy (non-hydrogen) atoms. The van der Waals surface area contributed by atoms with E-state index in [9.17, 15) is 9.59 Å². The summed E-state index contributed by atoms with van der Waals surface area (Å²) in [5.74, 6) is -0.729. The van der Waals surface area contributed by atoms with Gasteiger partial charge in [0, 0.05) is 30.8 Å². The molecule has 7 heteroatoms. The summed E-state index contributed by atoms with van der Waals surface area (Å²) in [5, 5.41) is 9.02. The predicted molar refractivity (Wildman–Crippen MR) is 104 cm³/mol. The van der Waals surface area contributed by atoms with Gasteiger partial charge in [-0.1, -0.05) is 12.1 Å². The Labute approximate surface area is 164 Å². The second-order valence-corrected chi connectivity index (χ2v) is 7.95. The summed E-state index contributed by atoms with van der Waals surface area (Å²) in [6.45, 7) is 6.84. The van der Waals surface area contributed by atoms with Gasteiger partial charge in [0.1, 0.15) is 5.60 Å². The van der Waals surface area contributed by atoms with E-state index in [1.807, 2.05) is 20.8 Å². The van der Waals surface area contributed by atoms with Gasteiger partial charge in [0.05, 0.1) is 23.1 Å². The van der Waals surface area contributed by atoms with E-state index in [0.717, 1.165) is 24.1 Å². The molecule has 3 rings (SSSR count). The van der Waals surface area contributed by atoms with Gasteiger partial charge in [0.25, 0.3) is 0 Å². The molecule has 7 nitrogen and oxygen atoms in total. The van der Waals surface area contributed by atoms with Crippen LogP contribution in [0.4, 0.5) is 4.79 Å². The SMILES string of the molecule is CC(C)(C)OC(=O)N1CCC(c2cncc(-c3ccc(C(=O)O)cc3)n2)CC1. The number of hydrogen-bond acceptors (Lipinski definition) is 5. The van der Waals surface area contributed by atoms with Gasteiger partial charge >= 0.3 is 12.1 Å². The minimum absolute atomic E-state index is 0.226. The topological polar surface area (TPSA) is 92.6 Å². The van der Waals surface area contributed by atoms with Crippen molar-refractivity contribution < 1.29 is 19.4 Å². The number of carbonyl (C=O) groups excluding carboxylic acids is 1. The highest BCUT2D eigenvalue weighted by Crippen LogP contribution is 2.28. The lowest BCUT2D eigenvalue weighted by atomic mass is 9.94. The van der Waals surface area contributed by atoms with E-state index >= 15 is 0 Å². The Balaban J connectivity index is 1.67. The third-order valence-corrected chi connectivity index (χ3v) is 4.65. The summed E-state index contributed by atoms with van der Waals surface area (Å²) in [5.41, 5.74) is 2.17. The number of carboxylic acids is 1. The number of nitrogens with zero attached hydrogens (tertiary/aromatic N) is 3. The molecular weight excluding hydrogens is 358 g/mol. The Morgan fingerprint density at radius 2 is 1.75 bits per heavy atom. The first kappa shape index (κ1) is 19.8. The van der Waals surface area contributed by atoms with Gasteiger partial charge in [0.15, 0.2) is 0 Å². The van der Waals surface area contributed by atoms with E-state index < -0.39 is 11.6 Å². The van der Waals surface area contributed by atoms with Gasteiger partial charge in [-0.15, -0.1) is 0 Å². The van der Waals surface area contributed by atoms with Crippen LogP contribution in [0.5, 0.6) is 0 Å². The number of piperidine rings is 1. The van der Waals surface area contributed by atoms with Crippen LogP contribution in [0.1, 0.15) is 55.6 Å². The van der Waals surface area contributed by atoms with Gasteiger partial charge in [-0.2, -0.15) is 0 Å². The standard InChI is InChI=1S/C21H25N3O4/c1-21(2,3)28-20(27)24-10-8-15(9-11-24)18-13-22-12-17(23-18)14-4-6-16(7-5-14)19(25)26/h4-7,12-13,15H,8-11H2,1-3H3,(H,25,26). The molecule has 1 aliphatic heterocycles. The lowest BCUT2D eigenvalue weighted by Crippen LogP contribution is -2.41. The predicted octanol–water partition coefficient (Wildman–Crippen LogP) is 3.96. The van der Waals surface area contributed by atoms with Crippen LogP contribution in [0.3, 0.4) is 0 Å². The lowest BCUT2D eigenvalue weighted by Gasteiger charge is -2.33. The highest BCUT2D eigenvalue weighted by atomic mass is 16.6. The number of benzene rings is 1. The van der Waals surface area contributed by atoms with Crippen LogP contribution in [-0.4, -0.2) is 50.7 Å². The maximum atomic E-state index is 12.2. The molecule has 0 bridgehead atoms. The zero-order valence-electron chi connectivity index (χ0n) is 16.4. The second kappa shape index (κ2) is 7.96. The monoisotopic (exact) mass is 383 g/mol. The van der Waals surface area contributed by atoms with Crippen LogP contribution in [0, 0.1) is 0 Å². The zero-order valence-corrected chi connectivity index (χ0v) is 16.4.